The molecule has 0 heterocycles. The largest absolute Gasteiger partial charge is 0.790 e. The smallest absolute Gasteiger partial charge is 0.314 e. The Balaban J connectivity index is 4.54. The van der Waals surface area contributed by atoms with Crippen molar-refractivity contribution in [2.75, 3.05) is 0 Å². The highest BCUT2D eigenvalue weighted by atomic mass is 31.3. The van der Waals surface area contributed by atoms with E-state index < -0.39 is 23.6 Å². The molecule has 0 aromatic rings. The molecule has 0 amide bonds. The van der Waals surface area contributed by atoms with Crippen LogP contribution in [0, 0.1) is 0 Å². The third kappa shape index (κ3) is 8.70. The van der Waals surface area contributed by atoms with Crippen LogP contribution in [0.25, 0.3) is 0 Å². The van der Waals surface area contributed by atoms with E-state index in [2.05, 4.69) is 8.62 Å². The maximum atomic E-state index is 11.5. The van der Waals surface area contributed by atoms with Gasteiger partial charge in [0.25, 0.3) is 7.82 Å². The Labute approximate surface area is 70.6 Å². The van der Waals surface area contributed by atoms with Gasteiger partial charge in [-0.15, -0.1) is 0 Å². The summed E-state index contributed by atoms with van der Waals surface area (Å²) in [6.07, 6.45) is 0. The average molecular weight is 256 g/mol. The van der Waals surface area contributed by atoms with Crippen LogP contribution in [-0.2, 0) is 22.3 Å². The van der Waals surface area contributed by atoms with Gasteiger partial charge in [0.05, 0.1) is 7.82 Å². The van der Waals surface area contributed by atoms with Crippen LogP contribution in [0.5, 0.6) is 0 Å². The molecular weight excluding hydrogens is 256 g/mol. The highest BCUT2D eigenvalue weighted by molar-refractivity contribution is 7.64. The molecule has 0 aliphatic rings. The first-order valence-electron chi connectivity index (χ1n) is 2.18. The van der Waals surface area contributed by atoms with Crippen LogP contribution in [0.15, 0.2) is 0 Å². The lowest BCUT2D eigenvalue weighted by Gasteiger charge is -2.35. The first kappa shape index (κ1) is 13.4. The van der Waals surface area contributed by atoms with Crippen LogP contribution >= 0.6 is 23.6 Å². The fourth-order valence-electron chi connectivity index (χ4n) is 0.257. The summed E-state index contributed by atoms with van der Waals surface area (Å²) in [5, 5.41) is 0. The summed E-state index contributed by atoms with van der Waals surface area (Å²) in [5.41, 5.74) is 0. The number of rotatable bonds is 4. The number of hydrogen-bond acceptors (Lipinski definition) is 9. The summed E-state index contributed by atoms with van der Waals surface area (Å²) in [7, 11) is -18.2. The maximum absolute atomic E-state index is 11.5. The van der Waals surface area contributed by atoms with E-state index in [1.807, 2.05) is 0 Å². The van der Waals surface area contributed by atoms with Crippen LogP contribution in [0.3, 0.4) is 0 Å². The van der Waals surface area contributed by atoms with E-state index in [4.69, 9.17) is 0 Å². The van der Waals surface area contributed by atoms with Crippen LogP contribution in [0.1, 0.15) is 0 Å². The summed E-state index contributed by atoms with van der Waals surface area (Å²) in [6, 6.07) is 0. The van der Waals surface area contributed by atoms with Gasteiger partial charge in [-0.2, -0.15) is 4.20 Å². The second-order valence-corrected chi connectivity index (χ2v) is 5.44. The fourth-order valence-corrected chi connectivity index (χ4v) is 2.58. The van der Waals surface area contributed by atoms with Gasteiger partial charge in [-0.25, -0.2) is 4.31 Å². The van der Waals surface area contributed by atoms with E-state index in [1.54, 1.807) is 0 Å². The van der Waals surface area contributed by atoms with Gasteiger partial charge in [-0.1, -0.05) is 0 Å². The standard InChI is InChI=1S/FH4O9P3/c1-11(2,3)9-13(7,8)10-12(4,5)6/h(H,2,3)(H,7,8)(H2,4,5,6)/p-4. The zero-order valence-electron chi connectivity index (χ0n) is 5.39. The highest BCUT2D eigenvalue weighted by Crippen LogP contribution is 2.60. The van der Waals surface area contributed by atoms with Crippen LogP contribution in [0.2, 0.25) is 0 Å². The molecule has 0 N–H and O–H groups in total. The fraction of sp³-hybridized carbons (Fsp3) is 0. The topological polar surface area (TPSA) is 162 Å². The van der Waals surface area contributed by atoms with Crippen molar-refractivity contribution < 1.29 is 46.1 Å². The van der Waals surface area contributed by atoms with Gasteiger partial charge in [0.2, 0.25) is 0 Å². The van der Waals surface area contributed by atoms with E-state index in [-0.39, 0.29) is 0 Å². The lowest BCUT2D eigenvalue weighted by atomic mass is 15.7. The summed E-state index contributed by atoms with van der Waals surface area (Å²) in [5.74, 6) is 0. The molecule has 0 spiro atoms. The summed E-state index contributed by atoms with van der Waals surface area (Å²) >= 11 is 0. The molecule has 2 unspecified atom stereocenters. The molecule has 0 rings (SSSR count). The van der Waals surface area contributed by atoms with Crippen LogP contribution in [0.4, 0.5) is 4.20 Å². The maximum Gasteiger partial charge on any atom is 0.314 e. The van der Waals surface area contributed by atoms with Crippen molar-refractivity contribution in [1.29, 1.82) is 0 Å². The number of hydrogen-bond donors (Lipinski definition) is 0. The Hall–Kier alpha value is 0.380. The van der Waals surface area contributed by atoms with Crippen molar-refractivity contribution in [2.45, 2.75) is 0 Å². The SMILES string of the molecule is O=P([O-])([O-])OP(=O)([O-])OP(=O)([O-])F. The van der Waals surface area contributed by atoms with Gasteiger partial charge in [0, 0.05) is 0 Å². The molecule has 0 bridgehead atoms. The minimum Gasteiger partial charge on any atom is -0.790 e. The lowest BCUT2D eigenvalue weighted by molar-refractivity contribution is -0.339. The quantitative estimate of drug-likeness (QED) is 0.505. The van der Waals surface area contributed by atoms with Crippen molar-refractivity contribution in [2.24, 2.45) is 0 Å². The Bertz CT molecular complexity index is 277. The van der Waals surface area contributed by atoms with Crippen LogP contribution in [-0.4, -0.2) is 0 Å². The highest BCUT2D eigenvalue weighted by Gasteiger charge is 2.19. The second-order valence-electron chi connectivity index (χ2n) is 1.49. The normalized spacial score (nSPS) is 21.9. The van der Waals surface area contributed by atoms with Gasteiger partial charge >= 0.3 is 7.91 Å². The molecule has 0 aromatic heterocycles. The zero-order chi connectivity index (χ0) is 10.9. The van der Waals surface area contributed by atoms with Crippen molar-refractivity contribution in [3.8, 4) is 0 Å². The lowest BCUT2D eigenvalue weighted by Crippen LogP contribution is -2.19. The summed E-state index contributed by atoms with van der Waals surface area (Å²) in [4.78, 5) is 38.8. The second kappa shape index (κ2) is 3.86. The van der Waals surface area contributed by atoms with Crippen LogP contribution < -0.4 is 19.6 Å². The van der Waals surface area contributed by atoms with Crippen molar-refractivity contribution in [3.05, 3.63) is 0 Å². The molecule has 9 nitrogen and oxygen atoms in total. The van der Waals surface area contributed by atoms with E-state index in [0.717, 1.165) is 0 Å². The first-order valence-corrected chi connectivity index (χ1v) is 6.53. The van der Waals surface area contributed by atoms with Crippen molar-refractivity contribution in [1.82, 2.24) is 0 Å². The summed E-state index contributed by atoms with van der Waals surface area (Å²) in [6.45, 7) is 0. The Morgan fingerprint density at radius 1 is 0.923 bits per heavy atom. The molecule has 13 heavy (non-hydrogen) atoms. The molecule has 0 radical (unpaired) electrons. The van der Waals surface area contributed by atoms with E-state index in [1.165, 1.54) is 0 Å². The molecule has 0 saturated carbocycles. The summed E-state index contributed by atoms with van der Waals surface area (Å²) < 4.78 is 45.8. The minimum absolute atomic E-state index is 2.54. The van der Waals surface area contributed by atoms with Gasteiger partial charge in [-0.3, -0.25) is 13.4 Å². The number of halogens is 1. The predicted octanol–water partition coefficient (Wildman–Crippen LogP) is -2.25. The van der Waals surface area contributed by atoms with E-state index in [9.17, 15) is 37.5 Å². The molecule has 0 aromatic carbocycles. The third-order valence-electron chi connectivity index (χ3n) is 0.398. The Morgan fingerprint density at radius 2 is 1.31 bits per heavy atom. The molecule has 2 atom stereocenters. The monoisotopic (exact) mass is 256 g/mol. The van der Waals surface area contributed by atoms with Gasteiger partial charge < -0.3 is 24.1 Å². The molecule has 80 valence electrons. The molecule has 0 fully saturated rings. The van der Waals surface area contributed by atoms with Crippen molar-refractivity contribution in [3.63, 3.8) is 0 Å². The molecule has 0 aliphatic carbocycles. The Kier molecular flexibility index (Phi) is 3.97. The Morgan fingerprint density at radius 3 is 1.54 bits per heavy atom. The number of phosphoric acid groups is 2. The van der Waals surface area contributed by atoms with Gasteiger partial charge in [0.15, 0.2) is 0 Å². The van der Waals surface area contributed by atoms with Crippen molar-refractivity contribution >= 4 is 23.6 Å². The molecule has 0 aliphatic heterocycles. The third-order valence-corrected chi connectivity index (χ3v) is 3.58. The van der Waals surface area contributed by atoms with Gasteiger partial charge in [0.1, 0.15) is 0 Å². The minimum atomic E-state index is -6.22. The van der Waals surface area contributed by atoms with E-state index in [0.29, 0.717) is 0 Å². The van der Waals surface area contributed by atoms with Gasteiger partial charge in [-0.05, 0) is 0 Å². The first-order chi connectivity index (χ1) is 5.41. The zero-order valence-corrected chi connectivity index (χ0v) is 8.08. The average Bonchev–Trinajstić information content (AvgIpc) is 1.43. The molecular formula is FO9P3-4. The van der Waals surface area contributed by atoms with E-state index >= 15 is 0 Å². The molecule has 0 saturated heterocycles. The predicted molar refractivity (Wildman–Crippen MR) is 26.1 cm³/mol. The molecule has 13 heteroatoms.